The minimum absolute atomic E-state index is 0.696. The van der Waals surface area contributed by atoms with E-state index in [1.54, 1.807) is 0 Å². The number of benzene rings is 3. The van der Waals surface area contributed by atoms with Crippen molar-refractivity contribution in [3.8, 4) is 28.0 Å². The molecule has 3 heteroatoms. The maximum Gasteiger partial charge on any atom is 0.542 e. The van der Waals surface area contributed by atoms with Gasteiger partial charge in [0.25, 0.3) is 0 Å². The van der Waals surface area contributed by atoms with Crippen LogP contribution >= 0.6 is 8.69 Å². The zero-order valence-corrected chi connectivity index (χ0v) is 18.4. The molecule has 3 rings (SSSR count). The smallest absolute Gasteiger partial charge is 0.255 e. The summed E-state index contributed by atoms with van der Waals surface area (Å²) in [6.07, 6.45) is 6.69. The molecule has 1 unspecified atom stereocenters. The van der Waals surface area contributed by atoms with Gasteiger partial charge in [0.15, 0.2) is 5.75 Å². The summed E-state index contributed by atoms with van der Waals surface area (Å²) >= 11 is 0. The third kappa shape index (κ3) is 5.14. The van der Waals surface area contributed by atoms with Gasteiger partial charge in [-0.3, -0.25) is 4.52 Å². The van der Waals surface area contributed by atoms with Gasteiger partial charge in [0.1, 0.15) is 0 Å². The molecule has 1 atom stereocenters. The van der Waals surface area contributed by atoms with Crippen molar-refractivity contribution in [1.82, 2.24) is 0 Å². The molecule has 0 bridgehead atoms. The molecule has 0 fully saturated rings. The maximum atomic E-state index is 11.5. The Morgan fingerprint density at radius 3 is 1.93 bits per heavy atom. The molecule has 0 saturated heterocycles. The van der Waals surface area contributed by atoms with Crippen molar-refractivity contribution in [2.75, 3.05) is 0 Å². The van der Waals surface area contributed by atoms with E-state index in [0.29, 0.717) is 5.75 Å². The predicted octanol–water partition coefficient (Wildman–Crippen LogP) is 8.02. The second-order valence-corrected chi connectivity index (χ2v) is 7.76. The van der Waals surface area contributed by atoms with Crippen LogP contribution in [0.25, 0.3) is 22.3 Å². The van der Waals surface area contributed by atoms with Crippen molar-refractivity contribution in [3.63, 3.8) is 0 Å². The minimum Gasteiger partial charge on any atom is -0.255 e. The molecule has 0 aromatic heterocycles. The van der Waals surface area contributed by atoms with Crippen LogP contribution in [0.5, 0.6) is 5.75 Å². The van der Waals surface area contributed by atoms with Gasteiger partial charge >= 0.3 is 8.69 Å². The van der Waals surface area contributed by atoms with Gasteiger partial charge in [0, 0.05) is 5.56 Å². The Morgan fingerprint density at radius 2 is 1.34 bits per heavy atom. The zero-order valence-electron chi connectivity index (χ0n) is 17.4. The zero-order chi connectivity index (χ0) is 20.5. The molecule has 29 heavy (non-hydrogen) atoms. The van der Waals surface area contributed by atoms with Crippen molar-refractivity contribution in [1.29, 1.82) is 0 Å². The molecule has 3 aromatic carbocycles. The monoisotopic (exact) mass is 405 g/mol. The van der Waals surface area contributed by atoms with Crippen LogP contribution in [0.15, 0.2) is 66.7 Å². The number of rotatable bonds is 10. The lowest BCUT2D eigenvalue weighted by molar-refractivity contribution is 0.526. The van der Waals surface area contributed by atoms with Crippen LogP contribution in [0, 0.1) is 0 Å². The average Bonchev–Trinajstić information content (AvgIpc) is 2.77. The summed E-state index contributed by atoms with van der Waals surface area (Å²) in [6, 6.07) is 23.1. The highest BCUT2D eigenvalue weighted by Crippen LogP contribution is 2.44. The molecule has 150 valence electrons. The van der Waals surface area contributed by atoms with Crippen molar-refractivity contribution in [2.24, 2.45) is 0 Å². The summed E-state index contributed by atoms with van der Waals surface area (Å²) in [6.45, 7) is 4.46. The summed E-state index contributed by atoms with van der Waals surface area (Å²) in [7, 11) is -0.824. The van der Waals surface area contributed by atoms with Gasteiger partial charge in [-0.1, -0.05) is 87.4 Å². The lowest BCUT2D eigenvalue weighted by Crippen LogP contribution is -2.00. The predicted molar refractivity (Wildman–Crippen MR) is 124 cm³/mol. The van der Waals surface area contributed by atoms with Crippen LogP contribution in [0.2, 0.25) is 0 Å². The van der Waals surface area contributed by atoms with Crippen LogP contribution in [-0.2, 0) is 17.4 Å². The first-order valence-electron chi connectivity index (χ1n) is 10.6. The molecule has 3 aromatic rings. The number of unbranched alkanes of at least 4 members (excludes halogenated alkanes) is 2. The van der Waals surface area contributed by atoms with Gasteiger partial charge in [-0.05, 0) is 64.1 Å². The second-order valence-electron chi connectivity index (χ2n) is 7.39. The van der Waals surface area contributed by atoms with E-state index in [9.17, 15) is 4.57 Å². The first-order chi connectivity index (χ1) is 14.3. The molecule has 0 aliphatic heterocycles. The van der Waals surface area contributed by atoms with E-state index < -0.39 is 8.69 Å². The van der Waals surface area contributed by atoms with Crippen molar-refractivity contribution >= 4 is 8.69 Å². The number of hydrogen-bond acceptors (Lipinski definition) is 2. The normalized spacial score (nSPS) is 11.0. The highest BCUT2D eigenvalue weighted by molar-refractivity contribution is 7.17. The summed E-state index contributed by atoms with van der Waals surface area (Å²) in [5, 5.41) is 0. The molecule has 0 radical (unpaired) electrons. The first-order valence-corrected chi connectivity index (χ1v) is 11.4. The standard InChI is InChI=1S/C26H30O2P/c1-3-5-12-21-16-10-17-22(13-6-4-2)25(21)26-23(20-14-8-7-9-15-20)18-11-19-24(26)28-29-27/h7-11,14-19,29H,3-6,12-13H2,1-2H3/q+1. The Hall–Kier alpha value is -2.44. The van der Waals surface area contributed by atoms with E-state index in [2.05, 4.69) is 62.4 Å². The fraction of sp³-hybridized carbons (Fsp3) is 0.308. The van der Waals surface area contributed by atoms with E-state index >= 15 is 0 Å². The van der Waals surface area contributed by atoms with E-state index in [4.69, 9.17) is 4.52 Å². The van der Waals surface area contributed by atoms with Gasteiger partial charge in [-0.15, -0.1) is 0 Å². The van der Waals surface area contributed by atoms with Crippen LogP contribution in [-0.4, -0.2) is 0 Å². The van der Waals surface area contributed by atoms with Gasteiger partial charge in [0.05, 0.1) is 0 Å². The third-order valence-corrected chi connectivity index (χ3v) is 5.65. The molecule has 0 spiro atoms. The lowest BCUT2D eigenvalue weighted by atomic mass is 9.85. The average molecular weight is 405 g/mol. The third-order valence-electron chi connectivity index (χ3n) is 5.35. The van der Waals surface area contributed by atoms with Crippen LogP contribution in [0.1, 0.15) is 50.7 Å². The minimum atomic E-state index is -0.824. The van der Waals surface area contributed by atoms with E-state index in [-0.39, 0.29) is 0 Å². The quantitative estimate of drug-likeness (QED) is 0.319. The topological polar surface area (TPSA) is 26.3 Å². The van der Waals surface area contributed by atoms with E-state index in [1.807, 2.05) is 18.2 Å². The van der Waals surface area contributed by atoms with E-state index in [1.165, 1.54) is 16.7 Å². The van der Waals surface area contributed by atoms with Gasteiger partial charge < -0.3 is 0 Å². The number of hydrogen-bond donors (Lipinski definition) is 0. The second kappa shape index (κ2) is 10.9. The molecular weight excluding hydrogens is 375 g/mol. The summed E-state index contributed by atoms with van der Waals surface area (Å²) in [5.41, 5.74) is 7.31. The molecular formula is C26H30O2P+. The molecule has 0 heterocycles. The van der Waals surface area contributed by atoms with Crippen LogP contribution < -0.4 is 4.52 Å². The van der Waals surface area contributed by atoms with Crippen molar-refractivity contribution in [3.05, 3.63) is 77.9 Å². The Kier molecular flexibility index (Phi) is 8.02. The maximum absolute atomic E-state index is 11.5. The number of aryl methyl sites for hydroxylation is 2. The summed E-state index contributed by atoms with van der Waals surface area (Å²) in [5.74, 6) is 0.696. The first kappa shape index (κ1) is 21.3. The molecule has 0 aliphatic rings. The Morgan fingerprint density at radius 1 is 0.724 bits per heavy atom. The van der Waals surface area contributed by atoms with E-state index in [0.717, 1.165) is 55.2 Å². The largest absolute Gasteiger partial charge is 0.542 e. The van der Waals surface area contributed by atoms with Gasteiger partial charge in [-0.25, -0.2) is 0 Å². The molecule has 2 nitrogen and oxygen atoms in total. The Balaban J connectivity index is 2.29. The Bertz CT molecular complexity index is 908. The molecule has 0 amide bonds. The highest BCUT2D eigenvalue weighted by atomic mass is 31.1. The molecule has 0 N–H and O–H groups in total. The van der Waals surface area contributed by atoms with Gasteiger partial charge in [-0.2, -0.15) is 0 Å². The Labute approximate surface area is 176 Å². The summed E-state index contributed by atoms with van der Waals surface area (Å²) in [4.78, 5) is 0. The molecule has 0 aliphatic carbocycles. The SMILES string of the molecule is CCCCc1cccc(CCCC)c1-c1c(O[PH+]=O)cccc1-c1ccccc1. The van der Waals surface area contributed by atoms with Crippen LogP contribution in [0.4, 0.5) is 0 Å². The lowest BCUT2D eigenvalue weighted by Gasteiger charge is -2.19. The fourth-order valence-corrected chi connectivity index (χ4v) is 4.16. The highest BCUT2D eigenvalue weighted by Gasteiger charge is 2.21. The molecule has 0 saturated carbocycles. The van der Waals surface area contributed by atoms with Crippen molar-refractivity contribution in [2.45, 2.75) is 52.4 Å². The summed E-state index contributed by atoms with van der Waals surface area (Å²) < 4.78 is 17.1. The van der Waals surface area contributed by atoms with Crippen molar-refractivity contribution < 1.29 is 9.09 Å². The van der Waals surface area contributed by atoms with Crippen LogP contribution in [0.3, 0.4) is 0 Å². The fourth-order valence-electron chi connectivity index (χ4n) is 3.90. The van der Waals surface area contributed by atoms with Gasteiger partial charge in [0.2, 0.25) is 0 Å².